The highest BCUT2D eigenvalue weighted by Crippen LogP contribution is 2.30. The van der Waals surface area contributed by atoms with Crippen LogP contribution in [0.2, 0.25) is 0 Å². The Hall–Kier alpha value is -2.33. The molecule has 144 valence electrons. The maximum atomic E-state index is 12.7. The van der Waals surface area contributed by atoms with Crippen molar-refractivity contribution in [1.82, 2.24) is 19.1 Å². The number of anilines is 1. The van der Waals surface area contributed by atoms with E-state index in [-0.39, 0.29) is 5.95 Å². The largest absolute Gasteiger partial charge is 0.394 e. The molecule has 3 heterocycles. The number of imidazole rings is 1. The van der Waals surface area contributed by atoms with Gasteiger partial charge in [0.25, 0.3) is 11.5 Å². The van der Waals surface area contributed by atoms with Crippen molar-refractivity contribution >= 4 is 17.1 Å². The van der Waals surface area contributed by atoms with Crippen LogP contribution in [-0.4, -0.2) is 80.6 Å². The lowest BCUT2D eigenvalue weighted by molar-refractivity contribution is -0.318. The molecule has 0 radical (unpaired) electrons. The van der Waals surface area contributed by atoms with Crippen LogP contribution in [0.1, 0.15) is 6.23 Å². The topological polar surface area (TPSA) is 229 Å². The summed E-state index contributed by atoms with van der Waals surface area (Å²) in [6.07, 6.45) is -5.99. The third-order valence-corrected chi connectivity index (χ3v) is 3.97. The Kier molecular flexibility index (Phi) is 4.35. The number of rotatable bonds is 4. The highest BCUT2D eigenvalue weighted by atomic mass is 16.7. The number of fused-ring (bicyclic) bond motifs is 1. The van der Waals surface area contributed by atoms with E-state index < -0.39 is 66.1 Å². The van der Waals surface area contributed by atoms with Crippen LogP contribution in [0.3, 0.4) is 0 Å². The maximum absolute atomic E-state index is 12.7. The van der Waals surface area contributed by atoms with Crippen LogP contribution in [0, 0.1) is 0 Å². The minimum atomic E-state index is -3.33. The first-order valence-corrected chi connectivity index (χ1v) is 7.35. The number of aliphatic hydroxyl groups excluding tert-OH is 3. The minimum absolute atomic E-state index is 0.386. The predicted molar refractivity (Wildman–Crippen MR) is 81.4 cm³/mol. The molecule has 3 rings (SSSR count). The molecule has 4 atom stereocenters. The average molecular weight is 375 g/mol. The summed E-state index contributed by atoms with van der Waals surface area (Å²) in [5.74, 6) is -3.72. The van der Waals surface area contributed by atoms with Crippen molar-refractivity contribution in [3.05, 3.63) is 20.8 Å². The standard InChI is InChI=1S/C12H17N5O9/c13-10-14-7-4(8(21)15-10)16(2-12(23,24)25)11(22)17(7)9-6(20)5(19)3(1-18)26-9/h3,5-6,9,18-20,23-25H,1-2H2,(H3,13,14,15,21). The lowest BCUT2D eigenvalue weighted by Gasteiger charge is -2.16. The smallest absolute Gasteiger partial charge is 0.333 e. The molecule has 1 aliphatic rings. The van der Waals surface area contributed by atoms with E-state index in [1.807, 2.05) is 0 Å². The van der Waals surface area contributed by atoms with E-state index in [2.05, 4.69) is 9.97 Å². The van der Waals surface area contributed by atoms with Crippen LogP contribution >= 0.6 is 0 Å². The van der Waals surface area contributed by atoms with Crippen LogP contribution < -0.4 is 17.0 Å². The molecule has 0 aromatic carbocycles. The number of hydrogen-bond acceptors (Lipinski definition) is 11. The summed E-state index contributed by atoms with van der Waals surface area (Å²) in [7, 11) is 0. The summed E-state index contributed by atoms with van der Waals surface area (Å²) in [4.78, 5) is 30.8. The van der Waals surface area contributed by atoms with Crippen LogP contribution in [0.15, 0.2) is 9.59 Å². The molecule has 0 saturated carbocycles. The summed E-state index contributed by atoms with van der Waals surface area (Å²) in [6.45, 7) is -1.79. The van der Waals surface area contributed by atoms with Gasteiger partial charge in [0.1, 0.15) is 24.9 Å². The van der Waals surface area contributed by atoms with Gasteiger partial charge in [0.05, 0.1) is 6.61 Å². The van der Waals surface area contributed by atoms with E-state index >= 15 is 0 Å². The highest BCUT2D eigenvalue weighted by molar-refractivity contribution is 5.71. The van der Waals surface area contributed by atoms with Crippen molar-refractivity contribution in [2.45, 2.75) is 37.1 Å². The summed E-state index contributed by atoms with van der Waals surface area (Å²) in [5, 5.41) is 56.7. The van der Waals surface area contributed by atoms with E-state index in [1.54, 1.807) is 0 Å². The number of hydrogen-bond donors (Lipinski definition) is 8. The molecule has 14 nitrogen and oxygen atoms in total. The third kappa shape index (κ3) is 2.88. The van der Waals surface area contributed by atoms with Crippen LogP contribution in [0.5, 0.6) is 0 Å². The molecule has 4 unspecified atom stereocenters. The molecule has 0 spiro atoms. The van der Waals surface area contributed by atoms with E-state index in [9.17, 15) is 35.1 Å². The monoisotopic (exact) mass is 375 g/mol. The highest BCUT2D eigenvalue weighted by Gasteiger charge is 2.45. The molecule has 26 heavy (non-hydrogen) atoms. The number of nitrogens with zero attached hydrogens (tertiary/aromatic N) is 3. The van der Waals surface area contributed by atoms with Gasteiger partial charge < -0.3 is 41.1 Å². The van der Waals surface area contributed by atoms with Gasteiger partial charge in [-0.1, -0.05) is 0 Å². The first-order valence-electron chi connectivity index (χ1n) is 7.35. The Balaban J connectivity index is 2.28. The van der Waals surface area contributed by atoms with Crippen molar-refractivity contribution in [3.8, 4) is 0 Å². The summed E-state index contributed by atoms with van der Waals surface area (Å²) in [5.41, 5.74) is 2.54. The Morgan fingerprint density at radius 3 is 2.42 bits per heavy atom. The molecule has 0 aliphatic carbocycles. The van der Waals surface area contributed by atoms with E-state index in [1.165, 1.54) is 0 Å². The van der Waals surface area contributed by atoms with Gasteiger partial charge in [-0.2, -0.15) is 4.98 Å². The van der Waals surface area contributed by atoms with Gasteiger partial charge in [-0.25, -0.2) is 9.36 Å². The summed E-state index contributed by atoms with van der Waals surface area (Å²) in [6, 6.07) is 0. The van der Waals surface area contributed by atoms with Gasteiger partial charge in [-0.3, -0.25) is 14.3 Å². The first-order chi connectivity index (χ1) is 12.0. The number of aromatic amines is 1. The molecule has 1 fully saturated rings. The molecule has 1 aliphatic heterocycles. The van der Waals surface area contributed by atoms with Crippen molar-refractivity contribution in [3.63, 3.8) is 0 Å². The molecular weight excluding hydrogens is 358 g/mol. The zero-order chi connectivity index (χ0) is 19.4. The van der Waals surface area contributed by atoms with E-state index in [0.717, 1.165) is 0 Å². The minimum Gasteiger partial charge on any atom is -0.394 e. The van der Waals surface area contributed by atoms with Crippen molar-refractivity contribution < 1.29 is 35.4 Å². The van der Waals surface area contributed by atoms with Crippen LogP contribution in [0.25, 0.3) is 11.2 Å². The molecule has 1 saturated heterocycles. The number of ether oxygens (including phenoxy) is 1. The van der Waals surface area contributed by atoms with Gasteiger partial charge in [0.15, 0.2) is 17.4 Å². The third-order valence-electron chi connectivity index (χ3n) is 3.97. The number of H-pyrrole nitrogens is 1. The van der Waals surface area contributed by atoms with E-state index in [4.69, 9.17) is 15.6 Å². The summed E-state index contributed by atoms with van der Waals surface area (Å²) < 4.78 is 6.41. The van der Waals surface area contributed by atoms with Crippen LogP contribution in [0.4, 0.5) is 5.95 Å². The number of nitrogens with two attached hydrogens (primary N) is 1. The quantitative estimate of drug-likeness (QED) is 0.235. The fraction of sp³-hybridized carbons (Fsp3) is 0.583. The molecular formula is C12H17N5O9. The Morgan fingerprint density at radius 2 is 1.88 bits per heavy atom. The molecule has 9 N–H and O–H groups in total. The molecule has 0 bridgehead atoms. The fourth-order valence-electron chi connectivity index (χ4n) is 2.88. The average Bonchev–Trinajstić information content (AvgIpc) is 2.94. The van der Waals surface area contributed by atoms with Gasteiger partial charge in [-0.05, 0) is 0 Å². The number of nitrogen functional groups attached to an aromatic ring is 1. The lowest BCUT2D eigenvalue weighted by Crippen LogP contribution is -2.40. The van der Waals surface area contributed by atoms with Gasteiger partial charge in [0.2, 0.25) is 5.95 Å². The number of aromatic nitrogens is 4. The molecule has 0 amide bonds. The maximum Gasteiger partial charge on any atom is 0.333 e. The van der Waals surface area contributed by atoms with E-state index in [0.29, 0.717) is 9.13 Å². The van der Waals surface area contributed by atoms with Gasteiger partial charge >= 0.3 is 5.69 Å². The Morgan fingerprint density at radius 1 is 1.23 bits per heavy atom. The first kappa shape index (κ1) is 18.5. The Bertz CT molecular complexity index is 941. The van der Waals surface area contributed by atoms with Gasteiger partial charge in [-0.15, -0.1) is 0 Å². The summed E-state index contributed by atoms with van der Waals surface area (Å²) >= 11 is 0. The Labute approximate surface area is 142 Å². The molecule has 2 aromatic rings. The SMILES string of the molecule is Nc1nc2c(c(=O)[nH]1)n(CC(O)(O)O)c(=O)n2C1OC(CO)C(O)C1O. The second-order valence-corrected chi connectivity index (χ2v) is 5.87. The molecule has 14 heteroatoms. The number of nitrogens with one attached hydrogen (secondary N) is 1. The second-order valence-electron chi connectivity index (χ2n) is 5.87. The lowest BCUT2D eigenvalue weighted by atomic mass is 10.1. The zero-order valence-corrected chi connectivity index (χ0v) is 13.1. The normalized spacial score (nSPS) is 26.7. The fourth-order valence-corrected chi connectivity index (χ4v) is 2.88. The van der Waals surface area contributed by atoms with Crippen LogP contribution in [-0.2, 0) is 11.3 Å². The predicted octanol–water partition coefficient (Wildman–Crippen LogP) is -5.29. The van der Waals surface area contributed by atoms with Crippen molar-refractivity contribution in [1.29, 1.82) is 0 Å². The zero-order valence-electron chi connectivity index (χ0n) is 13.1. The number of aliphatic hydroxyl groups is 6. The van der Waals surface area contributed by atoms with Gasteiger partial charge in [0, 0.05) is 0 Å². The molecule has 2 aromatic heterocycles. The van der Waals surface area contributed by atoms with Crippen molar-refractivity contribution in [2.24, 2.45) is 0 Å². The second kappa shape index (κ2) is 6.13. The van der Waals surface area contributed by atoms with Crippen molar-refractivity contribution in [2.75, 3.05) is 12.3 Å².